The molecule has 21 heavy (non-hydrogen) atoms. The molecule has 0 saturated carbocycles. The number of amides is 1. The number of rotatable bonds is 7. The Morgan fingerprint density at radius 2 is 2.24 bits per heavy atom. The van der Waals surface area contributed by atoms with Crippen molar-refractivity contribution >= 4 is 5.91 Å². The van der Waals surface area contributed by atoms with Gasteiger partial charge in [0.25, 0.3) is 0 Å². The van der Waals surface area contributed by atoms with Gasteiger partial charge in [0.15, 0.2) is 0 Å². The molecule has 1 unspecified atom stereocenters. The third kappa shape index (κ3) is 4.85. The van der Waals surface area contributed by atoms with Crippen LogP contribution < -0.4 is 5.32 Å². The van der Waals surface area contributed by atoms with E-state index in [1.54, 1.807) is 0 Å². The van der Waals surface area contributed by atoms with E-state index in [0.717, 1.165) is 38.9 Å². The first-order valence-electron chi connectivity index (χ1n) is 8.28. The van der Waals surface area contributed by atoms with E-state index in [1.807, 2.05) is 0 Å². The summed E-state index contributed by atoms with van der Waals surface area (Å²) in [5.41, 5.74) is 2.59. The summed E-state index contributed by atoms with van der Waals surface area (Å²) in [6.45, 7) is 7.03. The monoisotopic (exact) mass is 288 g/mol. The van der Waals surface area contributed by atoms with Gasteiger partial charge in [0.2, 0.25) is 5.91 Å². The van der Waals surface area contributed by atoms with Gasteiger partial charge >= 0.3 is 0 Å². The molecule has 1 aromatic carbocycles. The number of likely N-dealkylation sites (tertiary alicyclic amines) is 1. The zero-order valence-corrected chi connectivity index (χ0v) is 13.4. The predicted octanol–water partition coefficient (Wildman–Crippen LogP) is 3.27. The summed E-state index contributed by atoms with van der Waals surface area (Å²) in [5.74, 6) is 0.219. The summed E-state index contributed by atoms with van der Waals surface area (Å²) < 4.78 is 0. The molecule has 1 aliphatic heterocycles. The highest BCUT2D eigenvalue weighted by Crippen LogP contribution is 2.20. The van der Waals surface area contributed by atoms with Crippen molar-refractivity contribution < 1.29 is 4.79 Å². The van der Waals surface area contributed by atoms with Gasteiger partial charge in [-0.15, -0.1) is 0 Å². The van der Waals surface area contributed by atoms with Crippen LogP contribution in [0.25, 0.3) is 0 Å². The minimum atomic E-state index is 0.0622. The number of hydrogen-bond acceptors (Lipinski definition) is 2. The molecular formula is C18H28N2O. The topological polar surface area (TPSA) is 32.3 Å². The van der Waals surface area contributed by atoms with Crippen LogP contribution in [-0.2, 0) is 11.3 Å². The number of aryl methyl sites for hydroxylation is 1. The van der Waals surface area contributed by atoms with Crippen molar-refractivity contribution in [3.63, 3.8) is 0 Å². The molecule has 0 aromatic heterocycles. The number of carbonyl (C=O) groups excluding carboxylic acids is 1. The molecule has 116 valence electrons. The molecule has 0 bridgehead atoms. The highest BCUT2D eigenvalue weighted by molar-refractivity contribution is 5.82. The van der Waals surface area contributed by atoms with Gasteiger partial charge < -0.3 is 5.32 Å². The van der Waals surface area contributed by atoms with E-state index in [2.05, 4.69) is 48.3 Å². The summed E-state index contributed by atoms with van der Waals surface area (Å²) in [5, 5.41) is 3.11. The van der Waals surface area contributed by atoms with E-state index in [4.69, 9.17) is 0 Å². The third-order valence-corrected chi connectivity index (χ3v) is 4.21. The smallest absolute Gasteiger partial charge is 0.237 e. The third-order valence-electron chi connectivity index (χ3n) is 4.21. The lowest BCUT2D eigenvalue weighted by molar-refractivity contribution is -0.125. The number of hydrogen-bond donors (Lipinski definition) is 1. The largest absolute Gasteiger partial charge is 0.355 e. The van der Waals surface area contributed by atoms with Gasteiger partial charge in [0, 0.05) is 13.1 Å². The maximum atomic E-state index is 12.3. The molecule has 1 amide bonds. The molecule has 1 fully saturated rings. The molecule has 1 aromatic rings. The van der Waals surface area contributed by atoms with Crippen molar-refractivity contribution in [2.75, 3.05) is 13.1 Å². The van der Waals surface area contributed by atoms with E-state index in [0.29, 0.717) is 0 Å². The molecule has 1 N–H and O–H groups in total. The molecular weight excluding hydrogens is 260 g/mol. The maximum absolute atomic E-state index is 12.3. The first kappa shape index (κ1) is 16.0. The van der Waals surface area contributed by atoms with Gasteiger partial charge in [-0.25, -0.2) is 0 Å². The number of unbranched alkanes of at least 4 members (excludes halogenated alkanes) is 2. The Morgan fingerprint density at radius 3 is 3.00 bits per heavy atom. The molecule has 1 atom stereocenters. The Labute approximate surface area is 128 Å². The first-order chi connectivity index (χ1) is 10.2. The summed E-state index contributed by atoms with van der Waals surface area (Å²) >= 11 is 0. The van der Waals surface area contributed by atoms with Crippen LogP contribution in [0, 0.1) is 6.92 Å². The molecule has 3 nitrogen and oxygen atoms in total. The summed E-state index contributed by atoms with van der Waals surface area (Å²) in [7, 11) is 0. The minimum Gasteiger partial charge on any atom is -0.355 e. The van der Waals surface area contributed by atoms with E-state index >= 15 is 0 Å². The molecule has 0 radical (unpaired) electrons. The van der Waals surface area contributed by atoms with Gasteiger partial charge in [-0.3, -0.25) is 9.69 Å². The Hall–Kier alpha value is -1.35. The normalized spacial score (nSPS) is 18.9. The van der Waals surface area contributed by atoms with Crippen LogP contribution in [0.4, 0.5) is 0 Å². The second-order valence-corrected chi connectivity index (χ2v) is 6.12. The lowest BCUT2D eigenvalue weighted by atomic mass is 10.1. The molecule has 1 aliphatic rings. The Kier molecular flexibility index (Phi) is 6.24. The second kappa shape index (κ2) is 8.18. The number of carbonyl (C=O) groups is 1. The average Bonchev–Trinajstić information content (AvgIpc) is 2.91. The summed E-state index contributed by atoms with van der Waals surface area (Å²) in [6, 6.07) is 8.65. The van der Waals surface area contributed by atoms with E-state index < -0.39 is 0 Å². The Bertz CT molecular complexity index is 458. The van der Waals surface area contributed by atoms with Crippen LogP contribution in [0.1, 0.15) is 50.2 Å². The van der Waals surface area contributed by atoms with Crippen LogP contribution >= 0.6 is 0 Å². The average molecular weight is 288 g/mol. The van der Waals surface area contributed by atoms with Crippen LogP contribution in [-0.4, -0.2) is 29.9 Å². The van der Waals surface area contributed by atoms with Crippen molar-refractivity contribution in [3.05, 3.63) is 35.4 Å². The van der Waals surface area contributed by atoms with E-state index in [1.165, 1.54) is 24.0 Å². The predicted molar refractivity (Wildman–Crippen MR) is 87.1 cm³/mol. The molecule has 0 spiro atoms. The Morgan fingerprint density at radius 1 is 1.38 bits per heavy atom. The van der Waals surface area contributed by atoms with Crippen molar-refractivity contribution in [2.24, 2.45) is 0 Å². The highest BCUT2D eigenvalue weighted by Gasteiger charge is 2.30. The minimum absolute atomic E-state index is 0.0622. The molecule has 2 rings (SSSR count). The van der Waals surface area contributed by atoms with Crippen LogP contribution in [0.2, 0.25) is 0 Å². The van der Waals surface area contributed by atoms with Gasteiger partial charge in [0.05, 0.1) is 6.04 Å². The maximum Gasteiger partial charge on any atom is 0.237 e. The number of benzene rings is 1. The van der Waals surface area contributed by atoms with Crippen molar-refractivity contribution in [1.29, 1.82) is 0 Å². The first-order valence-corrected chi connectivity index (χ1v) is 8.28. The second-order valence-electron chi connectivity index (χ2n) is 6.12. The van der Waals surface area contributed by atoms with Crippen molar-refractivity contribution in [2.45, 2.75) is 58.5 Å². The molecule has 0 aliphatic carbocycles. The Balaban J connectivity index is 1.86. The summed E-state index contributed by atoms with van der Waals surface area (Å²) in [4.78, 5) is 14.6. The molecule has 1 saturated heterocycles. The molecule has 3 heteroatoms. The highest BCUT2D eigenvalue weighted by atomic mass is 16.2. The number of nitrogens with zero attached hydrogens (tertiary/aromatic N) is 1. The fraction of sp³-hybridized carbons (Fsp3) is 0.611. The quantitative estimate of drug-likeness (QED) is 0.781. The lowest BCUT2D eigenvalue weighted by Gasteiger charge is -2.24. The fourth-order valence-corrected chi connectivity index (χ4v) is 3.06. The molecule has 1 heterocycles. The standard InChI is InChI=1S/C18H28N2O/c1-3-4-5-11-19-18(21)17-10-7-12-20(17)14-16-9-6-8-15(2)13-16/h6,8-9,13,17H,3-5,7,10-12,14H2,1-2H3,(H,19,21). The lowest BCUT2D eigenvalue weighted by Crippen LogP contribution is -2.43. The van der Waals surface area contributed by atoms with Gasteiger partial charge in [-0.2, -0.15) is 0 Å². The van der Waals surface area contributed by atoms with Crippen LogP contribution in [0.3, 0.4) is 0 Å². The van der Waals surface area contributed by atoms with Crippen molar-refractivity contribution in [1.82, 2.24) is 10.2 Å². The van der Waals surface area contributed by atoms with Crippen molar-refractivity contribution in [3.8, 4) is 0 Å². The van der Waals surface area contributed by atoms with Gasteiger partial charge in [-0.05, 0) is 38.3 Å². The fourth-order valence-electron chi connectivity index (χ4n) is 3.06. The van der Waals surface area contributed by atoms with Crippen LogP contribution in [0.15, 0.2) is 24.3 Å². The zero-order valence-electron chi connectivity index (χ0n) is 13.4. The zero-order chi connectivity index (χ0) is 15.1. The van der Waals surface area contributed by atoms with Gasteiger partial charge in [-0.1, -0.05) is 49.6 Å². The summed E-state index contributed by atoms with van der Waals surface area (Å²) in [6.07, 6.45) is 5.59. The SMILES string of the molecule is CCCCCNC(=O)C1CCCN1Cc1cccc(C)c1. The van der Waals surface area contributed by atoms with E-state index in [9.17, 15) is 4.79 Å². The number of nitrogens with one attached hydrogen (secondary N) is 1. The van der Waals surface area contributed by atoms with Gasteiger partial charge in [0.1, 0.15) is 0 Å². The van der Waals surface area contributed by atoms with Crippen LogP contribution in [0.5, 0.6) is 0 Å². The van der Waals surface area contributed by atoms with E-state index in [-0.39, 0.29) is 11.9 Å².